The Balaban J connectivity index is 2.45. The van der Waals surface area contributed by atoms with Crippen LogP contribution >= 0.6 is 0 Å². The number of hydrogen-bond acceptors (Lipinski definition) is 4. The fourth-order valence-electron chi connectivity index (χ4n) is 2.59. The molecule has 7 heteroatoms. The molecule has 0 aliphatic rings. The fourth-order valence-corrected chi connectivity index (χ4v) is 2.59. The summed E-state index contributed by atoms with van der Waals surface area (Å²) in [5.41, 5.74) is 5.84. The summed E-state index contributed by atoms with van der Waals surface area (Å²) in [5, 5.41) is 0.267. The minimum Gasteiger partial charge on any atom is -0.494 e. The zero-order valence-electron chi connectivity index (χ0n) is 13.1. The number of aromatic nitrogens is 2. The average molecular weight is 331 g/mol. The van der Waals surface area contributed by atoms with Gasteiger partial charge in [-0.2, -0.15) is 0 Å². The van der Waals surface area contributed by atoms with Crippen molar-refractivity contribution in [2.75, 3.05) is 7.11 Å². The highest BCUT2D eigenvalue weighted by atomic mass is 19.1. The number of para-hydroxylation sites is 1. The summed E-state index contributed by atoms with van der Waals surface area (Å²) < 4.78 is 33.5. The molecule has 3 aromatic rings. The van der Waals surface area contributed by atoms with E-state index in [0.29, 0.717) is 11.3 Å². The Kier molecular flexibility index (Phi) is 4.02. The van der Waals surface area contributed by atoms with E-state index in [0.717, 1.165) is 22.8 Å². The number of rotatable bonds is 3. The molecule has 1 heterocycles. The van der Waals surface area contributed by atoms with Crippen molar-refractivity contribution in [2.45, 2.75) is 13.0 Å². The van der Waals surface area contributed by atoms with Crippen molar-refractivity contribution in [3.63, 3.8) is 0 Å². The minimum absolute atomic E-state index is 0.0296. The van der Waals surface area contributed by atoms with Crippen molar-refractivity contribution in [3.8, 4) is 11.4 Å². The predicted octanol–water partition coefficient (Wildman–Crippen LogP) is 2.69. The molecule has 0 spiro atoms. The maximum Gasteiger partial charge on any atom is 0.266 e. The van der Waals surface area contributed by atoms with Gasteiger partial charge < -0.3 is 10.5 Å². The molecular formula is C17H15F2N3O2. The molecule has 0 amide bonds. The van der Waals surface area contributed by atoms with Crippen LogP contribution in [0.2, 0.25) is 0 Å². The van der Waals surface area contributed by atoms with Gasteiger partial charge in [-0.05, 0) is 31.2 Å². The number of halogens is 2. The van der Waals surface area contributed by atoms with Crippen molar-refractivity contribution in [1.82, 2.24) is 9.55 Å². The van der Waals surface area contributed by atoms with Crippen molar-refractivity contribution < 1.29 is 13.5 Å². The van der Waals surface area contributed by atoms with Gasteiger partial charge in [-0.25, -0.2) is 13.8 Å². The van der Waals surface area contributed by atoms with Gasteiger partial charge >= 0.3 is 0 Å². The van der Waals surface area contributed by atoms with Gasteiger partial charge in [0, 0.05) is 6.07 Å². The number of methoxy groups -OCH3 is 1. The molecule has 3 rings (SSSR count). The van der Waals surface area contributed by atoms with Gasteiger partial charge in [-0.1, -0.05) is 6.07 Å². The smallest absolute Gasteiger partial charge is 0.266 e. The third-order valence-electron chi connectivity index (χ3n) is 3.62. The summed E-state index contributed by atoms with van der Waals surface area (Å²) in [6.45, 7) is 1.63. The van der Waals surface area contributed by atoms with Crippen molar-refractivity contribution in [3.05, 3.63) is 64.2 Å². The van der Waals surface area contributed by atoms with Crippen LogP contribution in [0.4, 0.5) is 8.78 Å². The van der Waals surface area contributed by atoms with Crippen molar-refractivity contribution in [2.24, 2.45) is 5.73 Å². The summed E-state index contributed by atoms with van der Waals surface area (Å²) in [6, 6.07) is 7.10. The van der Waals surface area contributed by atoms with Crippen LogP contribution in [0.1, 0.15) is 18.8 Å². The zero-order valence-corrected chi connectivity index (χ0v) is 13.1. The average Bonchev–Trinajstić information content (AvgIpc) is 2.53. The highest BCUT2D eigenvalue weighted by Gasteiger charge is 2.18. The third-order valence-corrected chi connectivity index (χ3v) is 3.62. The van der Waals surface area contributed by atoms with Gasteiger partial charge in [-0.15, -0.1) is 0 Å². The summed E-state index contributed by atoms with van der Waals surface area (Å²) in [7, 11) is 1.47. The first kappa shape index (κ1) is 16.1. The van der Waals surface area contributed by atoms with E-state index in [-0.39, 0.29) is 16.9 Å². The highest BCUT2D eigenvalue weighted by Crippen LogP contribution is 2.24. The zero-order chi connectivity index (χ0) is 17.4. The van der Waals surface area contributed by atoms with Crippen LogP contribution in [0, 0.1) is 11.6 Å². The predicted molar refractivity (Wildman–Crippen MR) is 86.4 cm³/mol. The number of nitrogens with zero attached hydrogens (tertiary/aromatic N) is 2. The second-order valence-electron chi connectivity index (χ2n) is 5.38. The molecule has 1 aromatic heterocycles. The molecular weight excluding hydrogens is 316 g/mol. The van der Waals surface area contributed by atoms with Crippen LogP contribution < -0.4 is 16.0 Å². The Morgan fingerprint density at radius 1 is 1.21 bits per heavy atom. The molecule has 0 saturated heterocycles. The van der Waals surface area contributed by atoms with E-state index < -0.39 is 23.2 Å². The lowest BCUT2D eigenvalue weighted by Gasteiger charge is -2.17. The summed E-state index contributed by atoms with van der Waals surface area (Å²) in [4.78, 5) is 17.3. The van der Waals surface area contributed by atoms with Gasteiger partial charge in [0.25, 0.3) is 5.56 Å². The summed E-state index contributed by atoms with van der Waals surface area (Å²) in [6.07, 6.45) is 0. The molecule has 0 unspecified atom stereocenters. The Hall–Kier alpha value is -2.80. The van der Waals surface area contributed by atoms with Crippen LogP contribution in [-0.2, 0) is 0 Å². The van der Waals surface area contributed by atoms with E-state index >= 15 is 0 Å². The van der Waals surface area contributed by atoms with Crippen molar-refractivity contribution >= 4 is 10.9 Å². The van der Waals surface area contributed by atoms with Crippen LogP contribution in [0.25, 0.3) is 16.6 Å². The van der Waals surface area contributed by atoms with Crippen LogP contribution in [0.3, 0.4) is 0 Å². The minimum atomic E-state index is -0.793. The molecule has 0 saturated carbocycles. The monoisotopic (exact) mass is 331 g/mol. The van der Waals surface area contributed by atoms with Gasteiger partial charge in [0.05, 0.1) is 24.2 Å². The van der Waals surface area contributed by atoms with Crippen LogP contribution in [0.5, 0.6) is 5.75 Å². The first-order valence-corrected chi connectivity index (χ1v) is 7.24. The molecule has 5 nitrogen and oxygen atoms in total. The SMILES string of the molecule is COc1cccc2c(=O)n(-c3cc(F)cc(F)c3)c([C@H](C)N)nc12. The Labute approximate surface area is 136 Å². The molecule has 24 heavy (non-hydrogen) atoms. The standard InChI is InChI=1S/C17H15F2N3O2/c1-9(20)16-21-15-13(4-3-5-14(15)24-2)17(23)22(16)12-7-10(18)6-11(19)8-12/h3-9H,20H2,1-2H3/t9-/m0/s1. The Bertz CT molecular complexity index is 963. The number of hydrogen-bond donors (Lipinski definition) is 1. The van der Waals surface area contributed by atoms with E-state index in [4.69, 9.17) is 10.5 Å². The molecule has 0 bridgehead atoms. The van der Waals surface area contributed by atoms with Crippen LogP contribution in [0.15, 0.2) is 41.2 Å². The van der Waals surface area contributed by atoms with Gasteiger partial charge in [0.15, 0.2) is 0 Å². The maximum absolute atomic E-state index is 13.6. The molecule has 2 aromatic carbocycles. The number of benzene rings is 2. The Morgan fingerprint density at radius 3 is 2.46 bits per heavy atom. The topological polar surface area (TPSA) is 70.1 Å². The normalized spacial score (nSPS) is 12.4. The molecule has 0 aliphatic carbocycles. The Morgan fingerprint density at radius 2 is 1.88 bits per heavy atom. The number of nitrogens with two attached hydrogens (primary N) is 1. The number of fused-ring (bicyclic) bond motifs is 1. The lowest BCUT2D eigenvalue weighted by Crippen LogP contribution is -2.27. The maximum atomic E-state index is 13.6. The lowest BCUT2D eigenvalue weighted by molar-refractivity contribution is 0.418. The molecule has 0 aliphatic heterocycles. The molecule has 0 fully saturated rings. The first-order chi connectivity index (χ1) is 11.4. The molecule has 2 N–H and O–H groups in total. The number of ether oxygens (including phenoxy) is 1. The second kappa shape index (κ2) is 6.01. The van der Waals surface area contributed by atoms with Gasteiger partial charge in [-0.3, -0.25) is 9.36 Å². The second-order valence-corrected chi connectivity index (χ2v) is 5.38. The van der Waals surface area contributed by atoms with E-state index in [1.54, 1.807) is 25.1 Å². The largest absolute Gasteiger partial charge is 0.494 e. The van der Waals surface area contributed by atoms with Crippen molar-refractivity contribution in [1.29, 1.82) is 0 Å². The van der Waals surface area contributed by atoms with Gasteiger partial charge in [0.2, 0.25) is 0 Å². The molecule has 124 valence electrons. The quantitative estimate of drug-likeness (QED) is 0.801. The van der Waals surface area contributed by atoms with E-state index in [1.165, 1.54) is 7.11 Å². The lowest BCUT2D eigenvalue weighted by atomic mass is 10.2. The molecule has 0 radical (unpaired) electrons. The molecule has 1 atom stereocenters. The summed E-state index contributed by atoms with van der Waals surface area (Å²) in [5.74, 6) is -0.984. The highest BCUT2D eigenvalue weighted by molar-refractivity contribution is 5.84. The van der Waals surface area contributed by atoms with E-state index in [2.05, 4.69) is 4.98 Å². The van der Waals surface area contributed by atoms with Crippen LogP contribution in [-0.4, -0.2) is 16.7 Å². The van der Waals surface area contributed by atoms with E-state index in [9.17, 15) is 13.6 Å². The van der Waals surface area contributed by atoms with E-state index in [1.807, 2.05) is 0 Å². The van der Waals surface area contributed by atoms with Gasteiger partial charge in [0.1, 0.15) is 28.7 Å². The fraction of sp³-hybridized carbons (Fsp3) is 0.176. The summed E-state index contributed by atoms with van der Waals surface area (Å²) >= 11 is 0. The third kappa shape index (κ3) is 2.63. The first-order valence-electron chi connectivity index (χ1n) is 7.24.